The second-order valence-corrected chi connectivity index (χ2v) is 11.3. The van der Waals surface area contributed by atoms with Crippen molar-refractivity contribution in [3.63, 3.8) is 0 Å². The van der Waals surface area contributed by atoms with Crippen molar-refractivity contribution in [3.8, 4) is 5.75 Å². The summed E-state index contributed by atoms with van der Waals surface area (Å²) in [6.45, 7) is 4.86. The normalized spacial score (nSPS) is 15.1. The summed E-state index contributed by atoms with van der Waals surface area (Å²) in [5.74, 6) is 0.546. The predicted octanol–water partition coefficient (Wildman–Crippen LogP) is 5.20. The van der Waals surface area contributed by atoms with Crippen molar-refractivity contribution in [2.75, 3.05) is 45.6 Å². The molecule has 5 rings (SSSR count). The Balaban J connectivity index is 1.04. The molecular weight excluding hydrogens is 550 g/mol. The maximum Gasteiger partial charge on any atom is 0.255 e. The number of amides is 2. The van der Waals surface area contributed by atoms with Crippen LogP contribution in [0.15, 0.2) is 72.9 Å². The number of halogens is 1. The molecule has 0 aliphatic carbocycles. The zero-order valence-electron chi connectivity index (χ0n) is 23.9. The van der Waals surface area contributed by atoms with Gasteiger partial charge in [-0.25, -0.2) is 0 Å². The van der Waals surface area contributed by atoms with Gasteiger partial charge in [0.1, 0.15) is 5.75 Å². The predicted molar refractivity (Wildman–Crippen MR) is 168 cm³/mol. The number of rotatable bonds is 12. The van der Waals surface area contributed by atoms with Crippen LogP contribution in [-0.2, 0) is 6.54 Å². The van der Waals surface area contributed by atoms with Crippen molar-refractivity contribution < 1.29 is 14.3 Å². The first kappa shape index (κ1) is 29.5. The molecule has 1 aromatic heterocycles. The molecule has 220 valence electrons. The molecule has 0 radical (unpaired) electrons. The number of benzene rings is 3. The molecule has 4 N–H and O–H groups in total. The second kappa shape index (κ2) is 13.8. The number of nitrogens with one attached hydrogen (secondary N) is 2. The summed E-state index contributed by atoms with van der Waals surface area (Å²) in [5, 5.41) is 7.45. The lowest BCUT2D eigenvalue weighted by molar-refractivity contribution is 0.0939. The molecule has 1 saturated heterocycles. The summed E-state index contributed by atoms with van der Waals surface area (Å²) in [7, 11) is 1.51. The van der Waals surface area contributed by atoms with Crippen molar-refractivity contribution in [2.24, 2.45) is 5.92 Å². The number of anilines is 1. The summed E-state index contributed by atoms with van der Waals surface area (Å²) < 4.78 is 7.45. The Morgan fingerprint density at radius 1 is 1.00 bits per heavy atom. The minimum Gasteiger partial charge on any atom is -0.496 e. The van der Waals surface area contributed by atoms with Crippen molar-refractivity contribution in [2.45, 2.75) is 25.8 Å². The largest absolute Gasteiger partial charge is 0.496 e. The molecule has 0 unspecified atom stereocenters. The van der Waals surface area contributed by atoms with Gasteiger partial charge in [0.25, 0.3) is 11.8 Å². The number of likely N-dealkylation sites (tertiary alicyclic amines) is 1. The van der Waals surface area contributed by atoms with E-state index in [1.807, 2.05) is 42.6 Å². The fourth-order valence-corrected chi connectivity index (χ4v) is 5.79. The van der Waals surface area contributed by atoms with Crippen LogP contribution < -0.4 is 21.1 Å². The quantitative estimate of drug-likeness (QED) is 0.156. The topological polar surface area (TPSA) is 102 Å². The van der Waals surface area contributed by atoms with Crippen LogP contribution in [0.25, 0.3) is 10.9 Å². The van der Waals surface area contributed by atoms with Crippen molar-refractivity contribution >= 4 is 40.0 Å². The third-order valence-corrected chi connectivity index (χ3v) is 8.23. The summed E-state index contributed by atoms with van der Waals surface area (Å²) in [6.07, 6.45) is 4.90. The zero-order valence-corrected chi connectivity index (χ0v) is 24.7. The van der Waals surface area contributed by atoms with E-state index >= 15 is 0 Å². The minimum atomic E-state index is -0.217. The maximum atomic E-state index is 13.1. The molecule has 1 aliphatic rings. The molecular formula is C33H38ClN5O3. The van der Waals surface area contributed by atoms with Gasteiger partial charge in [0.15, 0.2) is 0 Å². The fraction of sp³-hybridized carbons (Fsp3) is 0.333. The van der Waals surface area contributed by atoms with Gasteiger partial charge in [-0.2, -0.15) is 0 Å². The Morgan fingerprint density at radius 3 is 2.57 bits per heavy atom. The Labute approximate surface area is 251 Å². The monoisotopic (exact) mass is 587 g/mol. The molecule has 9 heteroatoms. The lowest BCUT2D eigenvalue weighted by Gasteiger charge is -2.17. The molecule has 0 spiro atoms. The van der Waals surface area contributed by atoms with E-state index < -0.39 is 0 Å². The molecule has 0 saturated carbocycles. The number of nitrogens with zero attached hydrogens (tertiary/aromatic N) is 2. The van der Waals surface area contributed by atoms with E-state index in [1.165, 1.54) is 12.7 Å². The summed E-state index contributed by atoms with van der Waals surface area (Å²) in [4.78, 5) is 28.3. The van der Waals surface area contributed by atoms with Gasteiger partial charge in [0.05, 0.1) is 28.9 Å². The van der Waals surface area contributed by atoms with Gasteiger partial charge >= 0.3 is 0 Å². The smallest absolute Gasteiger partial charge is 0.255 e. The van der Waals surface area contributed by atoms with Gasteiger partial charge < -0.3 is 30.6 Å². The molecule has 1 atom stereocenters. The van der Waals surface area contributed by atoms with Crippen molar-refractivity contribution in [3.05, 3.63) is 94.6 Å². The second-order valence-electron chi connectivity index (χ2n) is 10.9. The number of hydrogen-bond acceptors (Lipinski definition) is 5. The molecule has 1 aliphatic heterocycles. The van der Waals surface area contributed by atoms with Gasteiger partial charge in [-0.15, -0.1) is 0 Å². The number of hydrogen-bond donors (Lipinski definition) is 3. The molecule has 42 heavy (non-hydrogen) atoms. The molecule has 3 aromatic carbocycles. The highest BCUT2D eigenvalue weighted by Gasteiger charge is 2.23. The molecule has 2 amide bonds. The SMILES string of the molecule is COc1cc(N)c(Cl)cc1C(=O)NC[C@H]1CCN(CCCCNC(=O)c2cn(Cc3ccccc3)c3ccccc23)C1. The van der Waals surface area contributed by atoms with E-state index in [9.17, 15) is 9.59 Å². The molecule has 8 nitrogen and oxygen atoms in total. The number of carbonyl (C=O) groups excluding carboxylic acids is 2. The summed E-state index contributed by atoms with van der Waals surface area (Å²) in [5.41, 5.74) is 9.56. The van der Waals surface area contributed by atoms with Crippen LogP contribution in [0.5, 0.6) is 5.75 Å². The molecule has 1 fully saturated rings. The summed E-state index contributed by atoms with van der Waals surface area (Å²) in [6, 6.07) is 21.5. The van der Waals surface area contributed by atoms with Crippen LogP contribution >= 0.6 is 11.6 Å². The van der Waals surface area contributed by atoms with Gasteiger partial charge in [0.2, 0.25) is 0 Å². The van der Waals surface area contributed by atoms with Gasteiger partial charge in [-0.05, 0) is 56.0 Å². The maximum absolute atomic E-state index is 13.1. The van der Waals surface area contributed by atoms with Gasteiger partial charge in [0, 0.05) is 49.3 Å². The minimum absolute atomic E-state index is 0.0333. The standard InChI is InChI=1S/C33H38ClN5O3/c1-42-31-18-29(35)28(34)17-26(31)32(40)37-19-24-13-16-38(20-24)15-8-7-14-36-33(41)27-22-39(21-23-9-3-2-4-10-23)30-12-6-5-11-25(27)30/h2-6,9-12,17-18,22,24H,7-8,13-16,19-21,35H2,1H3,(H,36,41)(H,37,40)/t24-/m1/s1. The van der Waals surface area contributed by atoms with E-state index in [0.717, 1.165) is 56.3 Å². The third-order valence-electron chi connectivity index (χ3n) is 7.90. The number of para-hydroxylation sites is 1. The number of unbranched alkanes of at least 4 members (excludes halogenated alkanes) is 1. The number of aromatic nitrogens is 1. The van der Waals surface area contributed by atoms with Crippen LogP contribution in [0.3, 0.4) is 0 Å². The number of ether oxygens (including phenoxy) is 1. The Hall–Kier alpha value is -4.01. The zero-order chi connectivity index (χ0) is 29.5. The highest BCUT2D eigenvalue weighted by Crippen LogP contribution is 2.29. The molecule has 0 bridgehead atoms. The number of fused-ring (bicyclic) bond motifs is 1. The highest BCUT2D eigenvalue weighted by atomic mass is 35.5. The summed E-state index contributed by atoms with van der Waals surface area (Å²) >= 11 is 6.11. The molecule has 2 heterocycles. The number of nitrogen functional groups attached to an aromatic ring is 1. The van der Waals surface area contributed by atoms with E-state index in [1.54, 1.807) is 12.1 Å². The van der Waals surface area contributed by atoms with Crippen LogP contribution in [0.2, 0.25) is 5.02 Å². The lowest BCUT2D eigenvalue weighted by Crippen LogP contribution is -2.31. The van der Waals surface area contributed by atoms with Crippen LogP contribution in [-0.4, -0.2) is 61.1 Å². The van der Waals surface area contributed by atoms with Gasteiger partial charge in [-0.3, -0.25) is 9.59 Å². The van der Waals surface area contributed by atoms with E-state index in [-0.39, 0.29) is 11.8 Å². The number of methoxy groups -OCH3 is 1. The molecule has 4 aromatic rings. The first-order chi connectivity index (χ1) is 20.4. The third kappa shape index (κ3) is 7.06. The first-order valence-electron chi connectivity index (χ1n) is 14.5. The van der Waals surface area contributed by atoms with Crippen LogP contribution in [0, 0.1) is 5.92 Å². The van der Waals surface area contributed by atoms with Crippen molar-refractivity contribution in [1.29, 1.82) is 0 Å². The van der Waals surface area contributed by atoms with Crippen molar-refractivity contribution in [1.82, 2.24) is 20.1 Å². The average molecular weight is 588 g/mol. The van der Waals surface area contributed by atoms with Gasteiger partial charge in [-0.1, -0.05) is 60.1 Å². The fourth-order valence-electron chi connectivity index (χ4n) is 5.63. The first-order valence-corrected chi connectivity index (χ1v) is 14.8. The Bertz CT molecular complexity index is 1540. The van der Waals surface area contributed by atoms with E-state index in [4.69, 9.17) is 22.1 Å². The van der Waals surface area contributed by atoms with E-state index in [0.29, 0.717) is 46.6 Å². The number of carbonyl (C=O) groups is 2. The van der Waals surface area contributed by atoms with Crippen LogP contribution in [0.4, 0.5) is 5.69 Å². The Kier molecular flexibility index (Phi) is 9.66. The lowest BCUT2D eigenvalue weighted by atomic mass is 10.1. The highest BCUT2D eigenvalue weighted by molar-refractivity contribution is 6.33. The van der Waals surface area contributed by atoms with Crippen LogP contribution in [0.1, 0.15) is 45.5 Å². The Morgan fingerprint density at radius 2 is 1.76 bits per heavy atom. The number of nitrogens with two attached hydrogens (primary N) is 1. The van der Waals surface area contributed by atoms with E-state index in [2.05, 4.69) is 38.3 Å². The average Bonchev–Trinajstić information content (AvgIpc) is 3.62.